The Bertz CT molecular complexity index is 601. The number of pyridine rings is 1. The third kappa shape index (κ3) is 3.20. The van der Waals surface area contributed by atoms with Gasteiger partial charge in [-0.1, -0.05) is 12.8 Å². The zero-order chi connectivity index (χ0) is 16.6. The van der Waals surface area contributed by atoms with Gasteiger partial charge in [-0.25, -0.2) is 4.98 Å². The molecule has 4 nitrogen and oxygen atoms in total. The summed E-state index contributed by atoms with van der Waals surface area (Å²) in [7, 11) is 0. The molecule has 7 heteroatoms. The zero-order valence-corrected chi connectivity index (χ0v) is 12.9. The van der Waals surface area contributed by atoms with E-state index in [2.05, 4.69) is 4.98 Å². The largest absolute Gasteiger partial charge is 0.433 e. The zero-order valence-electron chi connectivity index (χ0n) is 12.9. The number of aryl methyl sites for hydroxylation is 1. The van der Waals surface area contributed by atoms with E-state index >= 15 is 0 Å². The fraction of sp³-hybridized carbons (Fsp3) is 0.625. The Balaban J connectivity index is 1.85. The molecule has 1 aromatic heterocycles. The van der Waals surface area contributed by atoms with Crippen molar-refractivity contribution in [1.82, 2.24) is 9.88 Å². The number of amides is 1. The van der Waals surface area contributed by atoms with Gasteiger partial charge in [0.15, 0.2) is 0 Å². The lowest BCUT2D eigenvalue weighted by molar-refractivity contribution is -0.141. The summed E-state index contributed by atoms with van der Waals surface area (Å²) in [6, 6.07) is 2.13. The number of halogens is 3. The molecule has 0 N–H and O–H groups in total. The maximum Gasteiger partial charge on any atom is 0.433 e. The van der Waals surface area contributed by atoms with Gasteiger partial charge in [0.1, 0.15) is 5.69 Å². The Kier molecular flexibility index (Phi) is 4.31. The van der Waals surface area contributed by atoms with Crippen LogP contribution in [0.25, 0.3) is 0 Å². The molecule has 0 aromatic carbocycles. The first-order valence-electron chi connectivity index (χ1n) is 7.85. The van der Waals surface area contributed by atoms with Crippen molar-refractivity contribution in [3.8, 4) is 0 Å². The molecule has 2 aliphatic rings. The molecular weight excluding hydrogens is 309 g/mol. The minimum Gasteiger partial charge on any atom is -0.374 e. The van der Waals surface area contributed by atoms with Crippen molar-refractivity contribution in [2.75, 3.05) is 13.2 Å². The highest BCUT2D eigenvalue weighted by molar-refractivity contribution is 5.95. The average molecular weight is 328 g/mol. The van der Waals surface area contributed by atoms with Crippen LogP contribution in [0.1, 0.15) is 47.4 Å². The number of morpholine rings is 1. The SMILES string of the molecule is Cc1nc(C(F)(F)F)ccc1C(=O)N1CCO[C@@H]2CCCC[C@H]21. The van der Waals surface area contributed by atoms with Crippen LogP contribution in [0.4, 0.5) is 13.2 Å². The fourth-order valence-corrected chi connectivity index (χ4v) is 3.45. The topological polar surface area (TPSA) is 42.4 Å². The van der Waals surface area contributed by atoms with Gasteiger partial charge < -0.3 is 9.64 Å². The van der Waals surface area contributed by atoms with Gasteiger partial charge in [-0.2, -0.15) is 13.2 Å². The number of carbonyl (C=O) groups excluding carboxylic acids is 1. The lowest BCUT2D eigenvalue weighted by Gasteiger charge is -2.43. The summed E-state index contributed by atoms with van der Waals surface area (Å²) in [6.07, 6.45) is -0.519. The molecule has 1 aliphatic carbocycles. The molecule has 23 heavy (non-hydrogen) atoms. The standard InChI is InChI=1S/C16H19F3N2O2/c1-10-11(6-7-14(20-10)16(17,18)19)15(22)21-8-9-23-13-5-3-2-4-12(13)21/h6-7,12-13H,2-5,8-9H2,1H3/t12-,13-/m1/s1. The summed E-state index contributed by atoms with van der Waals surface area (Å²) in [4.78, 5) is 18.1. The number of nitrogens with zero attached hydrogens (tertiary/aromatic N) is 2. The molecular formula is C16H19F3N2O2. The molecule has 3 rings (SSSR count). The van der Waals surface area contributed by atoms with Crippen LogP contribution in [-0.2, 0) is 10.9 Å². The van der Waals surface area contributed by atoms with Gasteiger partial charge in [-0.15, -0.1) is 0 Å². The third-order valence-electron chi connectivity index (χ3n) is 4.60. The van der Waals surface area contributed by atoms with Gasteiger partial charge in [0, 0.05) is 6.54 Å². The fourth-order valence-electron chi connectivity index (χ4n) is 3.45. The molecule has 1 amide bonds. The van der Waals surface area contributed by atoms with Crippen LogP contribution in [-0.4, -0.2) is 41.1 Å². The lowest BCUT2D eigenvalue weighted by atomic mass is 9.89. The Labute approximate surface area is 132 Å². The Morgan fingerprint density at radius 1 is 1.30 bits per heavy atom. The first-order valence-corrected chi connectivity index (χ1v) is 7.85. The predicted octanol–water partition coefficient (Wildman–Crippen LogP) is 3.19. The van der Waals surface area contributed by atoms with E-state index in [-0.39, 0.29) is 29.3 Å². The summed E-state index contributed by atoms with van der Waals surface area (Å²) in [5.74, 6) is -0.246. The van der Waals surface area contributed by atoms with E-state index in [1.807, 2.05) is 0 Å². The number of aromatic nitrogens is 1. The van der Waals surface area contributed by atoms with Crippen LogP contribution in [0.2, 0.25) is 0 Å². The second-order valence-corrected chi connectivity index (χ2v) is 6.09. The maximum atomic E-state index is 12.8. The van der Waals surface area contributed by atoms with Crippen LogP contribution in [0.15, 0.2) is 12.1 Å². The molecule has 126 valence electrons. The first-order chi connectivity index (χ1) is 10.9. The molecule has 2 atom stereocenters. The van der Waals surface area contributed by atoms with Crippen molar-refractivity contribution in [2.45, 2.75) is 50.9 Å². The van der Waals surface area contributed by atoms with E-state index < -0.39 is 11.9 Å². The van der Waals surface area contributed by atoms with Crippen molar-refractivity contribution < 1.29 is 22.7 Å². The number of carbonyl (C=O) groups is 1. The van der Waals surface area contributed by atoms with Gasteiger partial charge in [0.25, 0.3) is 5.91 Å². The number of fused-ring (bicyclic) bond motifs is 1. The van der Waals surface area contributed by atoms with Gasteiger partial charge in [0.05, 0.1) is 30.0 Å². The van der Waals surface area contributed by atoms with E-state index in [0.717, 1.165) is 31.7 Å². The summed E-state index contributed by atoms with van der Waals surface area (Å²) >= 11 is 0. The number of hydrogen-bond acceptors (Lipinski definition) is 3. The summed E-state index contributed by atoms with van der Waals surface area (Å²) in [5.41, 5.74) is -0.614. The smallest absolute Gasteiger partial charge is 0.374 e. The highest BCUT2D eigenvalue weighted by Gasteiger charge is 2.38. The maximum absolute atomic E-state index is 12.8. The van der Waals surface area contributed by atoms with Gasteiger partial charge in [-0.05, 0) is 31.9 Å². The molecule has 1 saturated carbocycles. The molecule has 2 heterocycles. The van der Waals surface area contributed by atoms with Gasteiger partial charge in [0.2, 0.25) is 0 Å². The normalized spacial score (nSPS) is 25.1. The van der Waals surface area contributed by atoms with Crippen molar-refractivity contribution in [2.24, 2.45) is 0 Å². The molecule has 0 radical (unpaired) electrons. The van der Waals surface area contributed by atoms with Crippen LogP contribution < -0.4 is 0 Å². The molecule has 1 aliphatic heterocycles. The highest BCUT2D eigenvalue weighted by atomic mass is 19.4. The molecule has 0 bridgehead atoms. The third-order valence-corrected chi connectivity index (χ3v) is 4.60. The molecule has 2 fully saturated rings. The minimum absolute atomic E-state index is 0.0201. The van der Waals surface area contributed by atoms with E-state index in [1.165, 1.54) is 13.0 Å². The van der Waals surface area contributed by atoms with Crippen LogP contribution in [0, 0.1) is 6.92 Å². The minimum atomic E-state index is -4.50. The van der Waals surface area contributed by atoms with Crippen molar-refractivity contribution in [3.63, 3.8) is 0 Å². The van der Waals surface area contributed by atoms with Gasteiger partial charge >= 0.3 is 6.18 Å². The van der Waals surface area contributed by atoms with Crippen LogP contribution in [0.3, 0.4) is 0 Å². The average Bonchev–Trinajstić information content (AvgIpc) is 2.53. The summed E-state index contributed by atoms with van der Waals surface area (Å²) in [6.45, 7) is 2.39. The van der Waals surface area contributed by atoms with E-state index in [1.54, 1.807) is 4.90 Å². The number of alkyl halides is 3. The Morgan fingerprint density at radius 3 is 2.74 bits per heavy atom. The van der Waals surface area contributed by atoms with Crippen LogP contribution >= 0.6 is 0 Å². The second-order valence-electron chi connectivity index (χ2n) is 6.09. The molecule has 1 aromatic rings. The number of ether oxygens (including phenoxy) is 1. The van der Waals surface area contributed by atoms with Crippen molar-refractivity contribution >= 4 is 5.91 Å². The lowest BCUT2D eigenvalue weighted by Crippen LogP contribution is -2.55. The molecule has 0 unspecified atom stereocenters. The Morgan fingerprint density at radius 2 is 2.04 bits per heavy atom. The molecule has 1 saturated heterocycles. The van der Waals surface area contributed by atoms with Crippen molar-refractivity contribution in [3.05, 3.63) is 29.1 Å². The van der Waals surface area contributed by atoms with Crippen LogP contribution in [0.5, 0.6) is 0 Å². The predicted molar refractivity (Wildman–Crippen MR) is 77.0 cm³/mol. The monoisotopic (exact) mass is 328 g/mol. The molecule has 0 spiro atoms. The quantitative estimate of drug-likeness (QED) is 0.795. The van der Waals surface area contributed by atoms with E-state index in [4.69, 9.17) is 4.74 Å². The summed E-state index contributed by atoms with van der Waals surface area (Å²) in [5, 5.41) is 0. The second kappa shape index (κ2) is 6.11. The van der Waals surface area contributed by atoms with Crippen molar-refractivity contribution in [1.29, 1.82) is 0 Å². The van der Waals surface area contributed by atoms with Gasteiger partial charge in [-0.3, -0.25) is 4.79 Å². The number of rotatable bonds is 1. The Hall–Kier alpha value is -1.63. The summed E-state index contributed by atoms with van der Waals surface area (Å²) < 4.78 is 43.8. The number of hydrogen-bond donors (Lipinski definition) is 0. The highest BCUT2D eigenvalue weighted by Crippen LogP contribution is 2.31. The van der Waals surface area contributed by atoms with E-state index in [9.17, 15) is 18.0 Å². The van der Waals surface area contributed by atoms with E-state index in [0.29, 0.717) is 13.2 Å². The first kappa shape index (κ1) is 16.2.